The van der Waals surface area contributed by atoms with E-state index in [0.29, 0.717) is 5.56 Å². The summed E-state index contributed by atoms with van der Waals surface area (Å²) in [6.45, 7) is 4.44. The van der Waals surface area contributed by atoms with Gasteiger partial charge >= 0.3 is 0 Å². The lowest BCUT2D eigenvalue weighted by Crippen LogP contribution is -2.35. The van der Waals surface area contributed by atoms with Crippen LogP contribution in [-0.4, -0.2) is 51.9 Å². The van der Waals surface area contributed by atoms with Gasteiger partial charge in [-0.05, 0) is 17.7 Å². The Kier molecular flexibility index (Phi) is 3.79. The van der Waals surface area contributed by atoms with Gasteiger partial charge in [-0.3, -0.25) is 9.69 Å². The number of benzene rings is 1. The van der Waals surface area contributed by atoms with E-state index in [9.17, 15) is 4.79 Å². The number of nitrogens with one attached hydrogen (secondary N) is 1. The molecule has 1 aliphatic rings. The van der Waals surface area contributed by atoms with Gasteiger partial charge < -0.3 is 15.5 Å². The molecule has 0 saturated carbocycles. The first-order valence-electron chi connectivity index (χ1n) is 7.96. The van der Waals surface area contributed by atoms with Crippen LogP contribution in [0.15, 0.2) is 36.8 Å². The van der Waals surface area contributed by atoms with Crippen molar-refractivity contribution in [2.24, 2.45) is 5.73 Å². The number of aromatic amines is 1. The second-order valence-corrected chi connectivity index (χ2v) is 5.97. The number of nitrogens with zero attached hydrogens (tertiary/aromatic N) is 3. The largest absolute Gasteiger partial charge is 0.379 e. The lowest BCUT2D eigenvalue weighted by atomic mass is 10.1. The normalized spacial score (nSPS) is 15.8. The molecule has 3 aromatic rings. The van der Waals surface area contributed by atoms with E-state index >= 15 is 0 Å². The molecule has 0 unspecified atom stereocenters. The van der Waals surface area contributed by atoms with Crippen LogP contribution in [0.3, 0.4) is 0 Å². The lowest BCUT2D eigenvalue weighted by Gasteiger charge is -2.26. The average Bonchev–Trinajstić information content (AvgIpc) is 3.23. The maximum atomic E-state index is 11.2. The number of amides is 1. The summed E-state index contributed by atoms with van der Waals surface area (Å²) in [7, 11) is 0. The van der Waals surface area contributed by atoms with Crippen molar-refractivity contribution in [3.8, 4) is 5.69 Å². The highest BCUT2D eigenvalue weighted by Gasteiger charge is 2.14. The third-order valence-electron chi connectivity index (χ3n) is 4.38. The van der Waals surface area contributed by atoms with Crippen molar-refractivity contribution in [1.82, 2.24) is 19.7 Å². The van der Waals surface area contributed by atoms with Crippen LogP contribution in [0.4, 0.5) is 0 Å². The van der Waals surface area contributed by atoms with E-state index in [4.69, 9.17) is 10.5 Å². The number of carbonyl (C=O) groups is 1. The quantitative estimate of drug-likeness (QED) is 0.756. The number of aromatic nitrogens is 3. The second kappa shape index (κ2) is 6.10. The number of rotatable bonds is 4. The van der Waals surface area contributed by atoms with E-state index in [0.717, 1.165) is 44.1 Å². The minimum Gasteiger partial charge on any atom is -0.379 e. The van der Waals surface area contributed by atoms with Crippen molar-refractivity contribution in [2.45, 2.75) is 6.54 Å². The number of morpholine rings is 1. The Balaban J connectivity index is 1.60. The molecule has 0 radical (unpaired) electrons. The van der Waals surface area contributed by atoms with Crippen molar-refractivity contribution < 1.29 is 9.53 Å². The maximum Gasteiger partial charge on any atom is 0.251 e. The van der Waals surface area contributed by atoms with Crippen molar-refractivity contribution in [3.63, 3.8) is 0 Å². The summed E-state index contributed by atoms with van der Waals surface area (Å²) in [4.78, 5) is 16.9. The smallest absolute Gasteiger partial charge is 0.251 e. The van der Waals surface area contributed by atoms with E-state index < -0.39 is 5.91 Å². The number of hydrogen-bond acceptors (Lipinski definition) is 4. The van der Waals surface area contributed by atoms with E-state index in [2.05, 4.69) is 27.2 Å². The number of carbonyl (C=O) groups excluding carboxylic acids is 1. The standard InChI is InChI=1S/C17H19N5O2/c18-17(23)13-9-20-22(11-13)14-1-2-15-12(8-19-16(15)7-14)10-21-3-5-24-6-4-21/h1-2,7-9,11,19H,3-6,10H2,(H2,18,23). The monoisotopic (exact) mass is 325 g/mol. The Bertz CT molecular complexity index is 876. The molecule has 3 heterocycles. The number of ether oxygens (including phenoxy) is 1. The van der Waals surface area contributed by atoms with Gasteiger partial charge in [-0.15, -0.1) is 0 Å². The predicted molar refractivity (Wildman–Crippen MR) is 90.0 cm³/mol. The molecule has 4 rings (SSSR count). The van der Waals surface area contributed by atoms with Gasteiger partial charge in [0.15, 0.2) is 0 Å². The van der Waals surface area contributed by atoms with Gasteiger partial charge in [0, 0.05) is 42.9 Å². The molecule has 7 heteroatoms. The minimum absolute atomic E-state index is 0.398. The molecule has 1 saturated heterocycles. The van der Waals surface area contributed by atoms with Crippen molar-refractivity contribution in [2.75, 3.05) is 26.3 Å². The zero-order valence-corrected chi connectivity index (χ0v) is 13.2. The Labute approximate surface area is 139 Å². The molecule has 0 atom stereocenters. The number of primary amides is 1. The van der Waals surface area contributed by atoms with E-state index in [1.807, 2.05) is 12.1 Å². The second-order valence-electron chi connectivity index (χ2n) is 5.97. The Hall–Kier alpha value is -2.64. The van der Waals surface area contributed by atoms with E-state index in [1.165, 1.54) is 17.1 Å². The average molecular weight is 325 g/mol. The van der Waals surface area contributed by atoms with Crippen LogP contribution in [0, 0.1) is 0 Å². The van der Waals surface area contributed by atoms with E-state index in [1.54, 1.807) is 10.9 Å². The number of hydrogen-bond donors (Lipinski definition) is 2. The van der Waals surface area contributed by atoms with Gasteiger partial charge in [0.05, 0.1) is 30.7 Å². The van der Waals surface area contributed by atoms with Gasteiger partial charge in [0.1, 0.15) is 0 Å². The van der Waals surface area contributed by atoms with E-state index in [-0.39, 0.29) is 0 Å². The fourth-order valence-corrected chi connectivity index (χ4v) is 3.04. The van der Waals surface area contributed by atoms with Crippen LogP contribution in [-0.2, 0) is 11.3 Å². The van der Waals surface area contributed by atoms with Gasteiger partial charge in [-0.1, -0.05) is 6.07 Å². The SMILES string of the molecule is NC(=O)c1cnn(-c2ccc3c(CN4CCOCC4)c[nH]c3c2)c1. The third-order valence-corrected chi connectivity index (χ3v) is 4.38. The molecule has 24 heavy (non-hydrogen) atoms. The molecule has 1 amide bonds. The summed E-state index contributed by atoms with van der Waals surface area (Å²) < 4.78 is 7.05. The van der Waals surface area contributed by atoms with Gasteiger partial charge in [-0.2, -0.15) is 5.10 Å². The van der Waals surface area contributed by atoms with Crippen LogP contribution >= 0.6 is 0 Å². The summed E-state index contributed by atoms with van der Waals surface area (Å²) in [5, 5.41) is 5.40. The molecule has 0 aliphatic carbocycles. The van der Waals surface area contributed by atoms with Crippen LogP contribution in [0.2, 0.25) is 0 Å². The van der Waals surface area contributed by atoms with Gasteiger partial charge in [-0.25, -0.2) is 4.68 Å². The molecule has 3 N–H and O–H groups in total. The summed E-state index contributed by atoms with van der Waals surface area (Å²) in [5.74, 6) is -0.477. The lowest BCUT2D eigenvalue weighted by molar-refractivity contribution is 0.0343. The molecular weight excluding hydrogens is 306 g/mol. The minimum atomic E-state index is -0.477. The third kappa shape index (κ3) is 2.79. The zero-order chi connectivity index (χ0) is 16.5. The highest BCUT2D eigenvalue weighted by Crippen LogP contribution is 2.23. The van der Waals surface area contributed by atoms with Crippen LogP contribution in [0.25, 0.3) is 16.6 Å². The number of fused-ring (bicyclic) bond motifs is 1. The van der Waals surface area contributed by atoms with Crippen molar-refractivity contribution in [3.05, 3.63) is 47.9 Å². The molecule has 1 aromatic carbocycles. The number of H-pyrrole nitrogens is 1. The van der Waals surface area contributed by atoms with Crippen molar-refractivity contribution >= 4 is 16.8 Å². The molecule has 1 fully saturated rings. The first-order valence-corrected chi connectivity index (χ1v) is 7.96. The molecule has 7 nitrogen and oxygen atoms in total. The van der Waals surface area contributed by atoms with Crippen LogP contribution < -0.4 is 5.73 Å². The van der Waals surface area contributed by atoms with Crippen LogP contribution in [0.5, 0.6) is 0 Å². The first-order chi connectivity index (χ1) is 11.7. The molecule has 124 valence electrons. The Morgan fingerprint density at radius 3 is 2.92 bits per heavy atom. The molecule has 0 bridgehead atoms. The van der Waals surface area contributed by atoms with Gasteiger partial charge in [0.25, 0.3) is 5.91 Å². The summed E-state index contributed by atoms with van der Waals surface area (Å²) >= 11 is 0. The Morgan fingerprint density at radius 2 is 2.17 bits per heavy atom. The summed E-state index contributed by atoms with van der Waals surface area (Å²) in [5.41, 5.74) is 8.88. The molecule has 0 spiro atoms. The predicted octanol–water partition coefficient (Wildman–Crippen LogP) is 1.28. The van der Waals surface area contributed by atoms with Crippen LogP contribution in [0.1, 0.15) is 15.9 Å². The fourth-order valence-electron chi connectivity index (χ4n) is 3.04. The Morgan fingerprint density at radius 1 is 1.33 bits per heavy atom. The number of nitrogens with two attached hydrogens (primary N) is 1. The highest BCUT2D eigenvalue weighted by molar-refractivity contribution is 5.92. The first kappa shape index (κ1) is 14.9. The zero-order valence-electron chi connectivity index (χ0n) is 13.2. The molecule has 1 aliphatic heterocycles. The highest BCUT2D eigenvalue weighted by atomic mass is 16.5. The summed E-state index contributed by atoms with van der Waals surface area (Å²) in [6, 6.07) is 6.11. The fraction of sp³-hybridized carbons (Fsp3) is 0.294. The topological polar surface area (TPSA) is 89.2 Å². The molecular formula is C17H19N5O2. The van der Waals surface area contributed by atoms with Crippen molar-refractivity contribution in [1.29, 1.82) is 0 Å². The summed E-state index contributed by atoms with van der Waals surface area (Å²) in [6.07, 6.45) is 5.17. The maximum absolute atomic E-state index is 11.2. The molecule has 2 aromatic heterocycles. The van der Waals surface area contributed by atoms with Gasteiger partial charge in [0.2, 0.25) is 0 Å².